The van der Waals surface area contributed by atoms with Crippen LogP contribution in [0.25, 0.3) is 0 Å². The molecule has 1 aliphatic carbocycles. The van der Waals surface area contributed by atoms with Crippen LogP contribution in [0.4, 0.5) is 0 Å². The Labute approximate surface area is 167 Å². The van der Waals surface area contributed by atoms with Crippen molar-refractivity contribution in [3.8, 4) is 0 Å². The maximum Gasteiger partial charge on any atom is 0.272 e. The number of hydrogen-bond donors (Lipinski definition) is 0. The molecule has 0 aromatic carbocycles. The van der Waals surface area contributed by atoms with E-state index in [9.17, 15) is 13.2 Å². The van der Waals surface area contributed by atoms with Crippen LogP contribution in [-0.4, -0.2) is 85.0 Å². The Bertz CT molecular complexity index is 802. The summed E-state index contributed by atoms with van der Waals surface area (Å²) in [5.74, 6) is -0.179. The highest BCUT2D eigenvalue weighted by Gasteiger charge is 2.54. The van der Waals surface area contributed by atoms with Crippen molar-refractivity contribution in [1.82, 2.24) is 14.8 Å². The third-order valence-electron chi connectivity index (χ3n) is 6.37. The summed E-state index contributed by atoms with van der Waals surface area (Å²) in [5, 5.41) is -0.481. The largest absolute Gasteiger partial charge is 0.369 e. The molecule has 1 aromatic heterocycles. The third-order valence-corrected chi connectivity index (χ3v) is 8.60. The minimum atomic E-state index is -3.26. The Hall–Kier alpha value is -1.51. The molecule has 1 amide bonds. The van der Waals surface area contributed by atoms with Gasteiger partial charge in [-0.05, 0) is 32.0 Å². The Balaban J connectivity index is 1.34. The van der Waals surface area contributed by atoms with E-state index in [-0.39, 0.29) is 18.3 Å². The maximum absolute atomic E-state index is 12.9. The van der Waals surface area contributed by atoms with Crippen LogP contribution in [0, 0.1) is 0 Å². The number of likely N-dealkylation sites (tertiary alicyclic amines) is 1. The Morgan fingerprint density at radius 1 is 1.29 bits per heavy atom. The van der Waals surface area contributed by atoms with Crippen molar-refractivity contribution in [1.29, 1.82) is 0 Å². The zero-order valence-corrected chi connectivity index (χ0v) is 17.2. The second-order valence-corrected chi connectivity index (χ2v) is 10.8. The number of carbonyl (C=O) groups excluding carboxylic acids is 1. The maximum atomic E-state index is 12.9. The van der Waals surface area contributed by atoms with E-state index >= 15 is 0 Å². The van der Waals surface area contributed by atoms with Gasteiger partial charge in [0.2, 0.25) is 0 Å². The van der Waals surface area contributed by atoms with Gasteiger partial charge in [0, 0.05) is 18.8 Å². The predicted molar refractivity (Wildman–Crippen MR) is 106 cm³/mol. The molecule has 7 nitrogen and oxygen atoms in total. The molecule has 0 bridgehead atoms. The molecule has 1 atom stereocenters. The summed E-state index contributed by atoms with van der Waals surface area (Å²) in [6.45, 7) is 1.37. The minimum Gasteiger partial charge on any atom is -0.369 e. The van der Waals surface area contributed by atoms with Crippen LogP contribution in [0.2, 0.25) is 0 Å². The zero-order valence-electron chi connectivity index (χ0n) is 16.4. The molecular weight excluding hydrogens is 378 g/mol. The SMILES string of the molecule is CN(C[C@H]1COC2(CN(C(=O)c3ccccn3)C2)CS1(=O)=O)C1CCCCC1. The van der Waals surface area contributed by atoms with Gasteiger partial charge >= 0.3 is 0 Å². The molecule has 0 unspecified atom stereocenters. The molecule has 3 aliphatic rings. The highest BCUT2D eigenvalue weighted by Crippen LogP contribution is 2.34. The van der Waals surface area contributed by atoms with Crippen molar-refractivity contribution < 1.29 is 17.9 Å². The molecule has 0 N–H and O–H groups in total. The first-order chi connectivity index (χ1) is 13.4. The van der Waals surface area contributed by atoms with Gasteiger partial charge in [-0.3, -0.25) is 9.78 Å². The first-order valence-electron chi connectivity index (χ1n) is 10.1. The van der Waals surface area contributed by atoms with Gasteiger partial charge in [-0.15, -0.1) is 0 Å². The van der Waals surface area contributed by atoms with Crippen LogP contribution in [-0.2, 0) is 14.6 Å². The lowest BCUT2D eigenvalue weighted by Crippen LogP contribution is -2.71. The summed E-state index contributed by atoms with van der Waals surface area (Å²) in [5.41, 5.74) is -0.369. The van der Waals surface area contributed by atoms with E-state index in [2.05, 4.69) is 9.88 Å². The molecular formula is C20H29N3O4S. The lowest BCUT2D eigenvalue weighted by atomic mass is 9.94. The number of amides is 1. The van der Waals surface area contributed by atoms with E-state index in [1.807, 2.05) is 7.05 Å². The lowest BCUT2D eigenvalue weighted by molar-refractivity contribution is -0.121. The highest BCUT2D eigenvalue weighted by atomic mass is 32.2. The van der Waals surface area contributed by atoms with Crippen molar-refractivity contribution in [2.45, 2.75) is 49.0 Å². The topological polar surface area (TPSA) is 79.8 Å². The summed E-state index contributed by atoms with van der Waals surface area (Å²) in [6, 6.07) is 5.68. The van der Waals surface area contributed by atoms with E-state index in [4.69, 9.17) is 4.74 Å². The van der Waals surface area contributed by atoms with Gasteiger partial charge in [0.15, 0.2) is 9.84 Å². The number of pyridine rings is 1. The van der Waals surface area contributed by atoms with E-state index in [0.29, 0.717) is 31.4 Å². The number of sulfone groups is 1. The summed E-state index contributed by atoms with van der Waals surface area (Å²) in [6.07, 6.45) is 7.62. The number of rotatable bonds is 4. The molecule has 2 aliphatic heterocycles. The summed E-state index contributed by atoms with van der Waals surface area (Å²) < 4.78 is 31.9. The fraction of sp³-hybridized carbons (Fsp3) is 0.700. The monoisotopic (exact) mass is 407 g/mol. The van der Waals surface area contributed by atoms with Crippen molar-refractivity contribution in [3.05, 3.63) is 30.1 Å². The second kappa shape index (κ2) is 7.72. The average molecular weight is 408 g/mol. The third kappa shape index (κ3) is 3.95. The van der Waals surface area contributed by atoms with Crippen LogP contribution < -0.4 is 0 Å². The van der Waals surface area contributed by atoms with Gasteiger partial charge in [0.05, 0.1) is 30.7 Å². The summed E-state index contributed by atoms with van der Waals surface area (Å²) in [7, 11) is -1.23. The Morgan fingerprint density at radius 3 is 2.68 bits per heavy atom. The van der Waals surface area contributed by atoms with Gasteiger partial charge in [0.25, 0.3) is 5.91 Å². The summed E-state index contributed by atoms with van der Waals surface area (Å²) in [4.78, 5) is 20.4. The first kappa shape index (κ1) is 19.8. The number of ether oxygens (including phenoxy) is 1. The van der Waals surface area contributed by atoms with Gasteiger partial charge in [0.1, 0.15) is 11.3 Å². The highest BCUT2D eigenvalue weighted by molar-refractivity contribution is 7.92. The average Bonchev–Trinajstić information content (AvgIpc) is 2.68. The Morgan fingerprint density at radius 2 is 2.04 bits per heavy atom. The van der Waals surface area contributed by atoms with Gasteiger partial charge in [-0.1, -0.05) is 25.3 Å². The predicted octanol–water partition coefficient (Wildman–Crippen LogP) is 1.35. The number of carbonyl (C=O) groups is 1. The molecule has 154 valence electrons. The zero-order chi connectivity index (χ0) is 19.8. The summed E-state index contributed by atoms with van der Waals surface area (Å²) >= 11 is 0. The van der Waals surface area contributed by atoms with Crippen molar-refractivity contribution >= 4 is 15.7 Å². The second-order valence-electron chi connectivity index (χ2n) is 8.53. The quantitative estimate of drug-likeness (QED) is 0.750. The molecule has 3 fully saturated rings. The fourth-order valence-corrected chi connectivity index (χ4v) is 6.66. The van der Waals surface area contributed by atoms with E-state index in [0.717, 1.165) is 12.8 Å². The number of hydrogen-bond acceptors (Lipinski definition) is 6. The minimum absolute atomic E-state index is 0.00479. The van der Waals surface area contributed by atoms with Crippen molar-refractivity contribution in [2.75, 3.05) is 39.0 Å². The molecule has 3 heterocycles. The van der Waals surface area contributed by atoms with Crippen LogP contribution >= 0.6 is 0 Å². The fourth-order valence-electron chi connectivity index (χ4n) is 4.68. The molecule has 28 heavy (non-hydrogen) atoms. The smallest absolute Gasteiger partial charge is 0.272 e. The van der Waals surface area contributed by atoms with E-state index in [1.54, 1.807) is 29.3 Å². The molecule has 2 saturated heterocycles. The van der Waals surface area contributed by atoms with Gasteiger partial charge < -0.3 is 14.5 Å². The molecule has 1 saturated carbocycles. The van der Waals surface area contributed by atoms with Crippen LogP contribution in [0.1, 0.15) is 42.6 Å². The number of nitrogens with zero attached hydrogens (tertiary/aromatic N) is 3. The molecule has 1 spiro atoms. The van der Waals surface area contributed by atoms with Crippen LogP contribution in [0.3, 0.4) is 0 Å². The molecule has 8 heteroatoms. The van der Waals surface area contributed by atoms with E-state index in [1.165, 1.54) is 19.3 Å². The normalized spacial score (nSPS) is 26.9. The first-order valence-corrected chi connectivity index (χ1v) is 11.9. The Kier molecular flexibility index (Phi) is 5.46. The number of aromatic nitrogens is 1. The molecule has 4 rings (SSSR count). The van der Waals surface area contributed by atoms with Gasteiger partial charge in [-0.25, -0.2) is 8.42 Å². The lowest BCUT2D eigenvalue weighted by Gasteiger charge is -2.52. The molecule has 1 aromatic rings. The van der Waals surface area contributed by atoms with Gasteiger partial charge in [-0.2, -0.15) is 0 Å². The van der Waals surface area contributed by atoms with Crippen LogP contribution in [0.15, 0.2) is 24.4 Å². The van der Waals surface area contributed by atoms with Crippen LogP contribution in [0.5, 0.6) is 0 Å². The van der Waals surface area contributed by atoms with E-state index < -0.39 is 20.7 Å². The molecule has 0 radical (unpaired) electrons. The van der Waals surface area contributed by atoms with Crippen molar-refractivity contribution in [3.63, 3.8) is 0 Å². The van der Waals surface area contributed by atoms with Crippen molar-refractivity contribution in [2.24, 2.45) is 0 Å². The standard InChI is InChI=1S/C20H29N3O4S/c1-22(16-7-3-2-4-8-16)11-17-12-27-20(15-28(17,25)26)13-23(14-20)19(24)18-9-5-6-10-21-18/h5-6,9-10,16-17H,2-4,7-8,11-15H2,1H3/t17-/m0/s1.